The number of rotatable bonds is 9. The van der Waals surface area contributed by atoms with Crippen molar-refractivity contribution in [2.75, 3.05) is 24.6 Å². The van der Waals surface area contributed by atoms with Gasteiger partial charge in [0.05, 0.1) is 34.9 Å². The Labute approximate surface area is 231 Å². The third kappa shape index (κ3) is 6.23. The van der Waals surface area contributed by atoms with Crippen LogP contribution in [-0.2, 0) is 0 Å². The molecule has 0 bridgehead atoms. The molecule has 0 saturated carbocycles. The summed E-state index contributed by atoms with van der Waals surface area (Å²) < 4.78 is 0. The van der Waals surface area contributed by atoms with Gasteiger partial charge in [0.1, 0.15) is 23.8 Å². The number of aliphatic hydroxyl groups excluding tert-OH is 1. The van der Waals surface area contributed by atoms with Gasteiger partial charge in [-0.15, -0.1) is 10.2 Å². The topological polar surface area (TPSA) is 144 Å². The van der Waals surface area contributed by atoms with Gasteiger partial charge in [-0.2, -0.15) is 26.0 Å². The van der Waals surface area contributed by atoms with E-state index in [1.54, 1.807) is 36.4 Å². The minimum Gasteiger partial charge on any atom is -0.395 e. The van der Waals surface area contributed by atoms with E-state index in [1.807, 2.05) is 73.7 Å². The Bertz CT molecular complexity index is 1700. The molecular formula is C31H24N8O. The van der Waals surface area contributed by atoms with Crippen molar-refractivity contribution in [2.45, 2.75) is 6.92 Å². The van der Waals surface area contributed by atoms with Crippen LogP contribution in [-0.4, -0.2) is 24.8 Å². The molecule has 9 heteroatoms. The Kier molecular flexibility index (Phi) is 9.03. The standard InChI is InChI=1S/C31H24N8O/c1-2-39(17-18-40)26-13-11-25(12-14-26)36-38-31-16-15-30(27-5-3-4-6-28(27)31)37-35-24-9-7-22(8-10-24)29(21-34)23(19-32)20-33/h3-16,40H,2,17-18H2,1H3. The number of anilines is 1. The number of hydrogen-bond donors (Lipinski definition) is 1. The van der Waals surface area contributed by atoms with Crippen molar-refractivity contribution in [3.05, 3.63) is 96.1 Å². The van der Waals surface area contributed by atoms with Gasteiger partial charge >= 0.3 is 0 Å². The lowest BCUT2D eigenvalue weighted by Crippen LogP contribution is -2.25. The molecule has 4 aromatic carbocycles. The highest BCUT2D eigenvalue weighted by molar-refractivity contribution is 5.99. The number of likely N-dealkylation sites (N-methyl/N-ethyl adjacent to an activating group) is 1. The summed E-state index contributed by atoms with van der Waals surface area (Å²) in [4.78, 5) is 2.08. The summed E-state index contributed by atoms with van der Waals surface area (Å²) in [5.74, 6) is 0. The largest absolute Gasteiger partial charge is 0.395 e. The third-order valence-electron chi connectivity index (χ3n) is 6.13. The van der Waals surface area contributed by atoms with E-state index in [1.165, 1.54) is 0 Å². The van der Waals surface area contributed by atoms with E-state index in [0.29, 0.717) is 34.9 Å². The summed E-state index contributed by atoms with van der Waals surface area (Å²) in [5, 5.41) is 56.1. The van der Waals surface area contributed by atoms with Crippen LogP contribution in [0.4, 0.5) is 28.4 Å². The molecule has 0 aliphatic carbocycles. The molecule has 0 aromatic heterocycles. The molecule has 0 fully saturated rings. The molecule has 0 heterocycles. The van der Waals surface area contributed by atoms with Crippen LogP contribution in [0.2, 0.25) is 0 Å². The maximum absolute atomic E-state index is 9.34. The van der Waals surface area contributed by atoms with Crippen molar-refractivity contribution in [3.63, 3.8) is 0 Å². The molecule has 0 aliphatic heterocycles. The number of aliphatic hydroxyl groups is 1. The van der Waals surface area contributed by atoms with Crippen molar-refractivity contribution in [1.29, 1.82) is 15.8 Å². The molecule has 0 saturated heterocycles. The van der Waals surface area contributed by atoms with Crippen LogP contribution in [0.3, 0.4) is 0 Å². The molecule has 1 N–H and O–H groups in total. The molecule has 194 valence electrons. The van der Waals surface area contributed by atoms with Crippen LogP contribution in [0.15, 0.2) is 111 Å². The van der Waals surface area contributed by atoms with E-state index in [4.69, 9.17) is 10.5 Å². The second-order valence-corrected chi connectivity index (χ2v) is 8.50. The Hall–Kier alpha value is -5.69. The fraction of sp³-hybridized carbons (Fsp3) is 0.129. The van der Waals surface area contributed by atoms with Gasteiger partial charge in [-0.3, -0.25) is 0 Å². The van der Waals surface area contributed by atoms with Crippen LogP contribution in [0.5, 0.6) is 0 Å². The number of allylic oxidation sites excluding steroid dienone is 2. The van der Waals surface area contributed by atoms with Crippen LogP contribution < -0.4 is 4.90 Å². The molecule has 0 aliphatic rings. The van der Waals surface area contributed by atoms with Crippen molar-refractivity contribution in [3.8, 4) is 18.2 Å². The maximum atomic E-state index is 9.34. The highest BCUT2D eigenvalue weighted by atomic mass is 16.3. The Morgan fingerprint density at radius 1 is 0.700 bits per heavy atom. The summed E-state index contributed by atoms with van der Waals surface area (Å²) in [5.41, 5.74) is 3.87. The Balaban J connectivity index is 1.57. The lowest BCUT2D eigenvalue weighted by Gasteiger charge is -2.21. The van der Waals surface area contributed by atoms with Gasteiger partial charge in [0.25, 0.3) is 0 Å². The Morgan fingerprint density at radius 3 is 1.68 bits per heavy atom. The molecule has 4 rings (SSSR count). The summed E-state index contributed by atoms with van der Waals surface area (Å²) >= 11 is 0. The minimum atomic E-state index is -0.237. The molecule has 40 heavy (non-hydrogen) atoms. The van der Waals surface area contributed by atoms with Crippen LogP contribution in [0.1, 0.15) is 12.5 Å². The van der Waals surface area contributed by atoms with Crippen molar-refractivity contribution in [1.82, 2.24) is 0 Å². The minimum absolute atomic E-state index is 0.0183. The lowest BCUT2D eigenvalue weighted by atomic mass is 10.0. The molecular weight excluding hydrogens is 500 g/mol. The van der Waals surface area contributed by atoms with Gasteiger partial charge in [-0.25, -0.2) is 0 Å². The van der Waals surface area contributed by atoms with Crippen LogP contribution >= 0.6 is 0 Å². The number of benzene rings is 4. The molecule has 0 radical (unpaired) electrons. The van der Waals surface area contributed by atoms with E-state index < -0.39 is 0 Å². The highest BCUT2D eigenvalue weighted by Gasteiger charge is 2.09. The number of nitriles is 3. The Morgan fingerprint density at radius 2 is 1.23 bits per heavy atom. The fourth-order valence-corrected chi connectivity index (χ4v) is 4.08. The summed E-state index contributed by atoms with van der Waals surface area (Å²) in [6.45, 7) is 3.51. The maximum Gasteiger partial charge on any atom is 0.148 e. The van der Waals surface area contributed by atoms with E-state index >= 15 is 0 Å². The molecule has 9 nitrogen and oxygen atoms in total. The van der Waals surface area contributed by atoms with Crippen molar-refractivity contribution < 1.29 is 5.11 Å². The molecule has 0 spiro atoms. The van der Waals surface area contributed by atoms with Crippen LogP contribution in [0, 0.1) is 34.0 Å². The van der Waals surface area contributed by atoms with E-state index in [9.17, 15) is 10.4 Å². The average molecular weight is 525 g/mol. The van der Waals surface area contributed by atoms with Gasteiger partial charge in [0.2, 0.25) is 0 Å². The van der Waals surface area contributed by atoms with Gasteiger partial charge in [0.15, 0.2) is 0 Å². The number of nitrogens with zero attached hydrogens (tertiary/aromatic N) is 8. The quantitative estimate of drug-likeness (QED) is 0.175. The van der Waals surface area contributed by atoms with E-state index in [0.717, 1.165) is 23.0 Å². The van der Waals surface area contributed by atoms with E-state index in [-0.39, 0.29) is 17.8 Å². The van der Waals surface area contributed by atoms with Gasteiger partial charge in [-0.05, 0) is 61.0 Å². The molecule has 0 unspecified atom stereocenters. The van der Waals surface area contributed by atoms with Crippen LogP contribution in [0.25, 0.3) is 16.3 Å². The molecule has 4 aromatic rings. The first kappa shape index (κ1) is 27.3. The first-order valence-electron chi connectivity index (χ1n) is 12.5. The zero-order valence-electron chi connectivity index (χ0n) is 21.7. The zero-order chi connectivity index (χ0) is 28.3. The number of fused-ring (bicyclic) bond motifs is 1. The number of hydrogen-bond acceptors (Lipinski definition) is 9. The van der Waals surface area contributed by atoms with E-state index in [2.05, 4.69) is 25.4 Å². The summed E-state index contributed by atoms with van der Waals surface area (Å²) in [6, 6.07) is 31.1. The second-order valence-electron chi connectivity index (χ2n) is 8.50. The third-order valence-corrected chi connectivity index (χ3v) is 6.13. The SMILES string of the molecule is CCN(CCO)c1ccc(N=Nc2ccc(N=Nc3ccc(C(C#N)=C(C#N)C#N)cc3)c3ccccc23)cc1. The zero-order valence-corrected chi connectivity index (χ0v) is 21.7. The first-order valence-corrected chi connectivity index (χ1v) is 12.5. The van der Waals surface area contributed by atoms with Gasteiger partial charge < -0.3 is 10.0 Å². The fourth-order valence-electron chi connectivity index (χ4n) is 4.08. The smallest absolute Gasteiger partial charge is 0.148 e. The summed E-state index contributed by atoms with van der Waals surface area (Å²) in [6.07, 6.45) is 0. The van der Waals surface area contributed by atoms with Gasteiger partial charge in [0, 0.05) is 29.5 Å². The van der Waals surface area contributed by atoms with Gasteiger partial charge in [-0.1, -0.05) is 36.4 Å². The average Bonchev–Trinajstić information content (AvgIpc) is 3.01. The predicted molar refractivity (Wildman–Crippen MR) is 154 cm³/mol. The summed E-state index contributed by atoms with van der Waals surface area (Å²) in [7, 11) is 0. The predicted octanol–water partition coefficient (Wildman–Crippen LogP) is 7.81. The van der Waals surface area contributed by atoms with Crippen molar-refractivity contribution >= 4 is 44.8 Å². The lowest BCUT2D eigenvalue weighted by molar-refractivity contribution is 0.302. The second kappa shape index (κ2) is 13.2. The molecule has 0 atom stereocenters. The monoisotopic (exact) mass is 524 g/mol. The normalized spacial score (nSPS) is 10.8. The first-order chi connectivity index (χ1) is 19.6. The molecule has 0 amide bonds. The highest BCUT2D eigenvalue weighted by Crippen LogP contribution is 2.35. The van der Waals surface area contributed by atoms with Crippen molar-refractivity contribution in [2.24, 2.45) is 20.5 Å². The number of azo groups is 2.